The number of hydrogen-bond donors (Lipinski definition) is 2. The number of amides is 2. The Labute approximate surface area is 212 Å². The van der Waals surface area contributed by atoms with Crippen molar-refractivity contribution >= 4 is 23.4 Å². The minimum atomic E-state index is -0.425. The lowest BCUT2D eigenvalue weighted by atomic mass is 10.1. The fourth-order valence-electron chi connectivity index (χ4n) is 5.02. The zero-order valence-electron chi connectivity index (χ0n) is 19.6. The van der Waals surface area contributed by atoms with E-state index >= 15 is 0 Å². The Bertz CT molecular complexity index is 1310. The van der Waals surface area contributed by atoms with Gasteiger partial charge in [0.15, 0.2) is 5.69 Å². The molecule has 2 N–H and O–H groups in total. The summed E-state index contributed by atoms with van der Waals surface area (Å²) in [7, 11) is 0. The van der Waals surface area contributed by atoms with Crippen LogP contribution in [-0.2, 0) is 30.7 Å². The third-order valence-corrected chi connectivity index (χ3v) is 7.20. The quantitative estimate of drug-likeness (QED) is 0.509. The highest BCUT2D eigenvalue weighted by molar-refractivity contribution is 6.32. The van der Waals surface area contributed by atoms with Crippen molar-refractivity contribution in [2.75, 3.05) is 19.7 Å². The maximum atomic E-state index is 13.4. The van der Waals surface area contributed by atoms with Crippen LogP contribution in [0.1, 0.15) is 50.6 Å². The van der Waals surface area contributed by atoms with Crippen molar-refractivity contribution in [1.82, 2.24) is 35.4 Å². The number of halogens is 1. The van der Waals surface area contributed by atoms with Gasteiger partial charge in [0.25, 0.3) is 11.8 Å². The van der Waals surface area contributed by atoms with E-state index in [4.69, 9.17) is 21.1 Å². The van der Waals surface area contributed by atoms with Gasteiger partial charge in [-0.2, -0.15) is 5.10 Å². The standard InChI is InChI=1S/C24H26ClN7O4/c25-17-6-5-14-9-20(17)35-8-2-7-32-10-15(27-30-32)13-36-21-12-31(11-19(21)26-23(14)33)24(34)22-16-3-1-4-18(16)28-29-22/h5-6,9-10,19,21H,1-4,7-8,11-13H2,(H,26,33)(H,28,29)/t19-,21-/m0/s1. The first kappa shape index (κ1) is 23.0. The van der Waals surface area contributed by atoms with Crippen molar-refractivity contribution in [3.8, 4) is 5.75 Å². The summed E-state index contributed by atoms with van der Waals surface area (Å²) in [5.41, 5.74) is 3.61. The fourth-order valence-corrected chi connectivity index (χ4v) is 5.19. The molecule has 11 nitrogen and oxygen atoms in total. The first-order chi connectivity index (χ1) is 17.5. The van der Waals surface area contributed by atoms with Crippen molar-refractivity contribution in [3.05, 3.63) is 57.6 Å². The Morgan fingerprint density at radius 1 is 1.19 bits per heavy atom. The number of carbonyl (C=O) groups excluding carboxylic acids is 2. The molecule has 188 valence electrons. The van der Waals surface area contributed by atoms with Crippen molar-refractivity contribution in [3.63, 3.8) is 0 Å². The second-order valence-electron chi connectivity index (χ2n) is 9.34. The molecule has 36 heavy (non-hydrogen) atoms. The molecule has 1 fully saturated rings. The van der Waals surface area contributed by atoms with E-state index in [9.17, 15) is 9.59 Å². The fraction of sp³-hybridized carbons (Fsp3) is 0.458. The summed E-state index contributed by atoms with van der Waals surface area (Å²) in [6.45, 7) is 1.88. The van der Waals surface area contributed by atoms with E-state index in [1.807, 2.05) is 6.20 Å². The molecule has 2 aromatic heterocycles. The van der Waals surface area contributed by atoms with Crippen molar-refractivity contribution in [1.29, 1.82) is 0 Å². The number of carbonyl (C=O) groups is 2. The van der Waals surface area contributed by atoms with Gasteiger partial charge in [-0.3, -0.25) is 19.4 Å². The topological polar surface area (TPSA) is 127 Å². The summed E-state index contributed by atoms with van der Waals surface area (Å²) in [4.78, 5) is 28.3. The molecule has 1 saturated heterocycles. The molecule has 1 aliphatic carbocycles. The molecule has 2 amide bonds. The largest absolute Gasteiger partial charge is 0.492 e. The van der Waals surface area contributed by atoms with E-state index in [0.717, 1.165) is 30.5 Å². The van der Waals surface area contributed by atoms with Crippen LogP contribution in [0.3, 0.4) is 0 Å². The van der Waals surface area contributed by atoms with Crippen LogP contribution < -0.4 is 10.1 Å². The highest BCUT2D eigenvalue weighted by Gasteiger charge is 2.39. The van der Waals surface area contributed by atoms with E-state index in [-0.39, 0.29) is 18.4 Å². The number of benzene rings is 1. The van der Waals surface area contributed by atoms with Crippen LogP contribution in [0.25, 0.3) is 0 Å². The zero-order chi connectivity index (χ0) is 24.6. The summed E-state index contributed by atoms with van der Waals surface area (Å²) in [5.74, 6) is 0.000911. The molecule has 0 radical (unpaired) electrons. The van der Waals surface area contributed by atoms with Crippen molar-refractivity contribution in [2.24, 2.45) is 0 Å². The zero-order valence-corrected chi connectivity index (χ0v) is 20.3. The Kier molecular flexibility index (Phi) is 6.10. The van der Waals surface area contributed by atoms with Gasteiger partial charge in [0.2, 0.25) is 0 Å². The molecular weight excluding hydrogens is 486 g/mol. The first-order valence-electron chi connectivity index (χ1n) is 12.1. The molecule has 2 atom stereocenters. The Balaban J connectivity index is 1.26. The normalized spacial score (nSPS) is 22.0. The van der Waals surface area contributed by atoms with Gasteiger partial charge in [0.05, 0.1) is 36.6 Å². The Hall–Kier alpha value is -3.44. The minimum Gasteiger partial charge on any atom is -0.492 e. The molecule has 4 bridgehead atoms. The number of aromatic amines is 1. The second-order valence-corrected chi connectivity index (χ2v) is 9.75. The average molecular weight is 512 g/mol. The average Bonchev–Trinajstić information content (AvgIpc) is 3.65. The number of nitrogens with one attached hydrogen (secondary N) is 2. The van der Waals surface area contributed by atoms with Gasteiger partial charge < -0.3 is 19.7 Å². The van der Waals surface area contributed by atoms with Crippen molar-refractivity contribution in [2.45, 2.75) is 51.0 Å². The van der Waals surface area contributed by atoms with Crippen molar-refractivity contribution < 1.29 is 19.1 Å². The number of ether oxygens (including phenoxy) is 2. The summed E-state index contributed by atoms with van der Waals surface area (Å²) < 4.78 is 13.7. The van der Waals surface area contributed by atoms with Crippen LogP contribution in [0.5, 0.6) is 5.75 Å². The van der Waals surface area contributed by atoms with Gasteiger partial charge in [-0.25, -0.2) is 0 Å². The summed E-state index contributed by atoms with van der Waals surface area (Å²) in [6, 6.07) is 4.52. The van der Waals surface area contributed by atoms with Gasteiger partial charge in [0, 0.05) is 42.9 Å². The third kappa shape index (κ3) is 4.44. The van der Waals surface area contributed by atoms with Crippen LogP contribution >= 0.6 is 11.6 Å². The first-order valence-corrected chi connectivity index (χ1v) is 12.5. The van der Waals surface area contributed by atoms with E-state index < -0.39 is 12.1 Å². The number of fused-ring (bicyclic) bond motifs is 6. The van der Waals surface area contributed by atoms with E-state index in [0.29, 0.717) is 60.4 Å². The summed E-state index contributed by atoms with van der Waals surface area (Å²) in [5, 5.41) is 19.1. The molecule has 2 aliphatic heterocycles. The van der Waals surface area contributed by atoms with Gasteiger partial charge in [-0.05, 0) is 37.5 Å². The van der Waals surface area contributed by atoms with Crippen LogP contribution in [-0.4, -0.2) is 73.7 Å². The molecule has 4 heterocycles. The Morgan fingerprint density at radius 2 is 2.11 bits per heavy atom. The van der Waals surface area contributed by atoms with Crippen LogP contribution in [0.2, 0.25) is 5.02 Å². The monoisotopic (exact) mass is 511 g/mol. The van der Waals surface area contributed by atoms with E-state index in [2.05, 4.69) is 25.8 Å². The Morgan fingerprint density at radius 3 is 3.03 bits per heavy atom. The molecule has 12 heteroatoms. The summed E-state index contributed by atoms with van der Waals surface area (Å²) in [6.07, 6.45) is 4.87. The number of hydrogen-bond acceptors (Lipinski definition) is 7. The van der Waals surface area contributed by atoms with E-state index in [1.165, 1.54) is 0 Å². The summed E-state index contributed by atoms with van der Waals surface area (Å²) >= 11 is 6.29. The highest BCUT2D eigenvalue weighted by atomic mass is 35.5. The van der Waals surface area contributed by atoms with Gasteiger partial charge in [-0.15, -0.1) is 5.10 Å². The predicted molar refractivity (Wildman–Crippen MR) is 128 cm³/mol. The van der Waals surface area contributed by atoms with E-state index in [1.54, 1.807) is 27.8 Å². The number of rotatable bonds is 1. The number of likely N-dealkylation sites (tertiary alicyclic amines) is 1. The van der Waals surface area contributed by atoms with Crippen LogP contribution in [0.4, 0.5) is 0 Å². The van der Waals surface area contributed by atoms with Crippen LogP contribution in [0.15, 0.2) is 24.4 Å². The lowest BCUT2D eigenvalue weighted by molar-refractivity contribution is 0.0290. The molecule has 1 aromatic carbocycles. The second kappa shape index (κ2) is 9.55. The minimum absolute atomic E-state index is 0.154. The molecule has 0 saturated carbocycles. The number of aromatic nitrogens is 5. The number of aryl methyl sites for hydroxylation is 2. The number of nitrogens with zero attached hydrogens (tertiary/aromatic N) is 5. The van der Waals surface area contributed by atoms with Gasteiger partial charge in [-0.1, -0.05) is 16.8 Å². The maximum Gasteiger partial charge on any atom is 0.274 e. The maximum absolute atomic E-state index is 13.4. The SMILES string of the molecule is O=C1N[C@H]2CN(C(=O)c3n[nH]c4c3CCC4)C[C@@H]2OCc2cn(nn2)CCCOc2cc1ccc2Cl. The number of H-pyrrole nitrogens is 1. The molecule has 3 aliphatic rings. The van der Waals surface area contributed by atoms with Gasteiger partial charge in [0.1, 0.15) is 11.4 Å². The molecular formula is C24H26ClN7O4. The lowest BCUT2D eigenvalue weighted by Crippen LogP contribution is -2.44. The third-order valence-electron chi connectivity index (χ3n) is 6.89. The molecule has 0 spiro atoms. The molecule has 6 rings (SSSR count). The lowest BCUT2D eigenvalue weighted by Gasteiger charge is -2.20. The predicted octanol–water partition coefficient (Wildman–Crippen LogP) is 1.77. The van der Waals surface area contributed by atoms with Crippen LogP contribution in [0, 0.1) is 0 Å². The van der Waals surface area contributed by atoms with Gasteiger partial charge >= 0.3 is 0 Å². The molecule has 0 unspecified atom stereocenters. The highest BCUT2D eigenvalue weighted by Crippen LogP contribution is 2.28. The molecule has 3 aromatic rings. The smallest absolute Gasteiger partial charge is 0.274 e.